The highest BCUT2D eigenvalue weighted by Crippen LogP contribution is 2.44. The maximum absolute atomic E-state index is 11.1. The van der Waals surface area contributed by atoms with Crippen LogP contribution in [-0.4, -0.2) is 37.9 Å². The van der Waals surface area contributed by atoms with Crippen LogP contribution in [0.5, 0.6) is 17.2 Å². The molecule has 1 saturated heterocycles. The molecule has 0 aliphatic carbocycles. The van der Waals surface area contributed by atoms with Crippen molar-refractivity contribution in [1.82, 2.24) is 5.32 Å². The standard InChI is InChI=1S/C16H23NO5/c1-9(2)22-14-11(5-6-13(20-3)15(14)21-4)12-7-10(8-17-12)16(18)19/h5-6,9-10,12,17H,7-8H2,1-4H3,(H,18,19). The molecule has 2 N–H and O–H groups in total. The summed E-state index contributed by atoms with van der Waals surface area (Å²) in [4.78, 5) is 11.1. The Bertz CT molecular complexity index is 544. The number of aliphatic carboxylic acids is 1. The highest BCUT2D eigenvalue weighted by molar-refractivity contribution is 5.71. The van der Waals surface area contributed by atoms with Crippen molar-refractivity contribution < 1.29 is 24.1 Å². The monoisotopic (exact) mass is 309 g/mol. The van der Waals surface area contributed by atoms with E-state index in [-0.39, 0.29) is 18.1 Å². The zero-order valence-corrected chi connectivity index (χ0v) is 13.4. The fourth-order valence-corrected chi connectivity index (χ4v) is 2.71. The molecule has 0 amide bonds. The number of benzene rings is 1. The third-order valence-corrected chi connectivity index (χ3v) is 3.74. The van der Waals surface area contributed by atoms with E-state index in [0.29, 0.717) is 30.2 Å². The zero-order chi connectivity index (χ0) is 16.3. The zero-order valence-electron chi connectivity index (χ0n) is 13.4. The second kappa shape index (κ2) is 6.87. The Labute approximate surface area is 130 Å². The molecule has 0 aromatic heterocycles. The first-order valence-electron chi connectivity index (χ1n) is 7.35. The van der Waals surface area contributed by atoms with Gasteiger partial charge in [-0.3, -0.25) is 4.79 Å². The first kappa shape index (κ1) is 16.4. The van der Waals surface area contributed by atoms with E-state index in [1.165, 1.54) is 0 Å². The van der Waals surface area contributed by atoms with Crippen LogP contribution in [0.4, 0.5) is 0 Å². The Morgan fingerprint density at radius 3 is 2.50 bits per heavy atom. The van der Waals surface area contributed by atoms with Crippen molar-refractivity contribution in [2.75, 3.05) is 20.8 Å². The summed E-state index contributed by atoms with van der Waals surface area (Å²) < 4.78 is 16.7. The number of hydrogen-bond acceptors (Lipinski definition) is 5. The summed E-state index contributed by atoms with van der Waals surface area (Å²) in [7, 11) is 3.14. The van der Waals surface area contributed by atoms with Gasteiger partial charge < -0.3 is 24.6 Å². The van der Waals surface area contributed by atoms with Crippen molar-refractivity contribution in [2.24, 2.45) is 5.92 Å². The second-order valence-corrected chi connectivity index (χ2v) is 5.62. The van der Waals surface area contributed by atoms with Crippen LogP contribution >= 0.6 is 0 Å². The topological polar surface area (TPSA) is 77.0 Å². The largest absolute Gasteiger partial charge is 0.493 e. The van der Waals surface area contributed by atoms with Crippen LogP contribution in [0.25, 0.3) is 0 Å². The smallest absolute Gasteiger partial charge is 0.307 e. The van der Waals surface area contributed by atoms with E-state index >= 15 is 0 Å². The lowest BCUT2D eigenvalue weighted by Gasteiger charge is -2.22. The minimum atomic E-state index is -0.776. The molecule has 1 fully saturated rings. The van der Waals surface area contributed by atoms with Crippen molar-refractivity contribution in [2.45, 2.75) is 32.4 Å². The van der Waals surface area contributed by atoms with E-state index < -0.39 is 5.97 Å². The minimum Gasteiger partial charge on any atom is -0.493 e. The van der Waals surface area contributed by atoms with E-state index in [2.05, 4.69) is 5.32 Å². The summed E-state index contributed by atoms with van der Waals surface area (Å²) in [6, 6.07) is 3.65. The molecule has 6 heteroatoms. The van der Waals surface area contributed by atoms with E-state index in [0.717, 1.165) is 5.56 Å². The number of rotatable bonds is 6. The predicted octanol–water partition coefficient (Wildman–Crippen LogP) is 2.23. The first-order chi connectivity index (χ1) is 10.5. The van der Waals surface area contributed by atoms with Crippen LogP contribution in [0, 0.1) is 5.92 Å². The average molecular weight is 309 g/mol. The number of hydrogen-bond donors (Lipinski definition) is 2. The molecule has 122 valence electrons. The highest BCUT2D eigenvalue weighted by atomic mass is 16.5. The number of carbonyl (C=O) groups is 1. The molecule has 1 heterocycles. The van der Waals surface area contributed by atoms with Crippen molar-refractivity contribution in [3.8, 4) is 17.2 Å². The van der Waals surface area contributed by atoms with Crippen LogP contribution in [0.15, 0.2) is 12.1 Å². The number of ether oxygens (including phenoxy) is 3. The van der Waals surface area contributed by atoms with Crippen LogP contribution in [-0.2, 0) is 4.79 Å². The summed E-state index contributed by atoms with van der Waals surface area (Å²) in [5.41, 5.74) is 0.898. The number of nitrogens with one attached hydrogen (secondary N) is 1. The lowest BCUT2D eigenvalue weighted by Crippen LogP contribution is -2.18. The Hall–Kier alpha value is -1.95. The molecule has 0 bridgehead atoms. The van der Waals surface area contributed by atoms with E-state index in [9.17, 15) is 4.79 Å². The molecule has 1 aromatic carbocycles. The average Bonchev–Trinajstić information content (AvgIpc) is 2.95. The van der Waals surface area contributed by atoms with Gasteiger partial charge >= 0.3 is 5.97 Å². The number of carboxylic acid groups (broad SMARTS) is 1. The van der Waals surface area contributed by atoms with Gasteiger partial charge in [0, 0.05) is 18.2 Å². The Morgan fingerprint density at radius 2 is 2.00 bits per heavy atom. The molecule has 0 saturated carbocycles. The maximum atomic E-state index is 11.1. The fourth-order valence-electron chi connectivity index (χ4n) is 2.71. The third-order valence-electron chi connectivity index (χ3n) is 3.74. The summed E-state index contributed by atoms with van der Waals surface area (Å²) in [5, 5.41) is 12.4. The molecule has 2 rings (SSSR count). The van der Waals surface area contributed by atoms with Gasteiger partial charge in [0.1, 0.15) is 0 Å². The van der Waals surface area contributed by atoms with E-state index in [1.807, 2.05) is 26.0 Å². The van der Waals surface area contributed by atoms with Crippen LogP contribution in [0.2, 0.25) is 0 Å². The Morgan fingerprint density at radius 1 is 1.27 bits per heavy atom. The van der Waals surface area contributed by atoms with E-state index in [1.54, 1.807) is 14.2 Å². The quantitative estimate of drug-likeness (QED) is 0.839. The summed E-state index contributed by atoms with van der Waals surface area (Å²) >= 11 is 0. The van der Waals surface area contributed by atoms with Gasteiger partial charge in [-0.2, -0.15) is 0 Å². The van der Waals surface area contributed by atoms with Crippen LogP contribution in [0.3, 0.4) is 0 Å². The van der Waals surface area contributed by atoms with Gasteiger partial charge in [-0.15, -0.1) is 0 Å². The van der Waals surface area contributed by atoms with Crippen molar-refractivity contribution >= 4 is 5.97 Å². The van der Waals surface area contributed by atoms with Crippen LogP contribution < -0.4 is 19.5 Å². The molecule has 6 nitrogen and oxygen atoms in total. The van der Waals surface area contributed by atoms with Gasteiger partial charge in [-0.1, -0.05) is 0 Å². The van der Waals surface area contributed by atoms with Gasteiger partial charge in [0.15, 0.2) is 11.5 Å². The van der Waals surface area contributed by atoms with Gasteiger partial charge in [0.05, 0.1) is 26.2 Å². The molecular formula is C16H23NO5. The van der Waals surface area contributed by atoms with Crippen molar-refractivity contribution in [3.05, 3.63) is 17.7 Å². The van der Waals surface area contributed by atoms with Crippen molar-refractivity contribution in [3.63, 3.8) is 0 Å². The predicted molar refractivity (Wildman–Crippen MR) is 81.8 cm³/mol. The fraction of sp³-hybridized carbons (Fsp3) is 0.562. The number of methoxy groups -OCH3 is 2. The lowest BCUT2D eigenvalue weighted by atomic mass is 9.98. The van der Waals surface area contributed by atoms with Gasteiger partial charge in [-0.05, 0) is 32.4 Å². The molecule has 2 unspecified atom stereocenters. The van der Waals surface area contributed by atoms with Crippen molar-refractivity contribution in [1.29, 1.82) is 0 Å². The normalized spacial score (nSPS) is 21.0. The van der Waals surface area contributed by atoms with E-state index in [4.69, 9.17) is 19.3 Å². The second-order valence-electron chi connectivity index (χ2n) is 5.62. The molecule has 1 aliphatic rings. The highest BCUT2D eigenvalue weighted by Gasteiger charge is 2.33. The molecule has 0 radical (unpaired) electrons. The molecular weight excluding hydrogens is 286 g/mol. The first-order valence-corrected chi connectivity index (χ1v) is 7.35. The Balaban J connectivity index is 2.40. The lowest BCUT2D eigenvalue weighted by molar-refractivity contribution is -0.141. The molecule has 0 spiro atoms. The molecule has 1 aromatic rings. The summed E-state index contributed by atoms with van der Waals surface area (Å²) in [6.45, 7) is 4.32. The summed E-state index contributed by atoms with van der Waals surface area (Å²) in [5.74, 6) is 0.580. The van der Waals surface area contributed by atoms with Gasteiger partial charge in [0.2, 0.25) is 5.75 Å². The maximum Gasteiger partial charge on any atom is 0.307 e. The van der Waals surface area contributed by atoms with Gasteiger partial charge in [0.25, 0.3) is 0 Å². The third kappa shape index (κ3) is 3.27. The number of carboxylic acids is 1. The minimum absolute atomic E-state index is 0.0311. The molecule has 22 heavy (non-hydrogen) atoms. The molecule has 1 aliphatic heterocycles. The van der Waals surface area contributed by atoms with Gasteiger partial charge in [-0.25, -0.2) is 0 Å². The summed E-state index contributed by atoms with van der Waals surface area (Å²) in [6.07, 6.45) is 0.496. The Kier molecular flexibility index (Phi) is 5.13. The molecule has 2 atom stereocenters. The van der Waals surface area contributed by atoms with Crippen LogP contribution in [0.1, 0.15) is 31.9 Å². The SMILES string of the molecule is COc1ccc(C2CC(C(=O)O)CN2)c(OC(C)C)c1OC.